The lowest BCUT2D eigenvalue weighted by Crippen LogP contribution is -2.08. The molecular formula is C5H11NO. The molecule has 0 aliphatic heterocycles. The van der Waals surface area contributed by atoms with Gasteiger partial charge in [0, 0.05) is 6.54 Å². The van der Waals surface area contributed by atoms with Crippen LogP contribution in [0.1, 0.15) is 19.3 Å². The largest absolute Gasteiger partial charge is 0.317 e. The van der Waals surface area contributed by atoms with E-state index in [9.17, 15) is 0 Å². The van der Waals surface area contributed by atoms with Crippen molar-refractivity contribution in [3.8, 4) is 0 Å². The molecule has 0 saturated heterocycles. The Morgan fingerprint density at radius 2 is 2.29 bits per heavy atom. The lowest BCUT2D eigenvalue weighted by atomic mass is 10.3. The third kappa shape index (κ3) is 1.90. The maximum atomic E-state index is 8.09. The van der Waals surface area contributed by atoms with Gasteiger partial charge in [-0.3, -0.25) is 0 Å². The van der Waals surface area contributed by atoms with Gasteiger partial charge in [-0.05, 0) is 12.3 Å². The summed E-state index contributed by atoms with van der Waals surface area (Å²) < 4.78 is 0. The number of rotatable bonds is 3. The van der Waals surface area contributed by atoms with Crippen LogP contribution in [0.3, 0.4) is 0 Å². The zero-order valence-electron chi connectivity index (χ0n) is 4.35. The van der Waals surface area contributed by atoms with E-state index < -0.39 is 0 Å². The zero-order valence-corrected chi connectivity index (χ0v) is 4.35. The molecule has 2 N–H and O–H groups in total. The predicted octanol–water partition coefficient (Wildman–Crippen LogP) is 0.765. The summed E-state index contributed by atoms with van der Waals surface area (Å²) in [5.41, 5.74) is 2.14. The minimum atomic E-state index is 0.769. The third-order valence-electron chi connectivity index (χ3n) is 1.36. The molecule has 0 bridgehead atoms. The summed E-state index contributed by atoms with van der Waals surface area (Å²) in [6.45, 7) is 0.769. The number of nitrogens with one attached hydrogen (secondary N) is 1. The van der Waals surface area contributed by atoms with E-state index in [-0.39, 0.29) is 0 Å². The molecule has 2 nitrogen and oxygen atoms in total. The van der Waals surface area contributed by atoms with Crippen LogP contribution in [-0.2, 0) is 0 Å². The van der Waals surface area contributed by atoms with Gasteiger partial charge in [0.1, 0.15) is 0 Å². The van der Waals surface area contributed by atoms with Crippen molar-refractivity contribution in [1.82, 2.24) is 5.48 Å². The highest BCUT2D eigenvalue weighted by atomic mass is 16.5. The van der Waals surface area contributed by atoms with E-state index in [1.54, 1.807) is 0 Å². The van der Waals surface area contributed by atoms with E-state index in [0.717, 1.165) is 18.9 Å². The molecule has 0 aromatic rings. The summed E-state index contributed by atoms with van der Waals surface area (Å²) in [5.74, 6) is 0.930. The molecule has 42 valence electrons. The van der Waals surface area contributed by atoms with Gasteiger partial charge in [-0.15, -0.1) is 0 Å². The molecule has 0 unspecified atom stereocenters. The second-order valence-corrected chi connectivity index (χ2v) is 2.14. The van der Waals surface area contributed by atoms with Gasteiger partial charge in [0.05, 0.1) is 0 Å². The first kappa shape index (κ1) is 5.06. The highest BCUT2D eigenvalue weighted by molar-refractivity contribution is 4.72. The van der Waals surface area contributed by atoms with Crippen molar-refractivity contribution in [2.45, 2.75) is 19.3 Å². The molecular weight excluding hydrogens is 90.1 g/mol. The van der Waals surface area contributed by atoms with Gasteiger partial charge in [0.15, 0.2) is 0 Å². The van der Waals surface area contributed by atoms with Crippen molar-refractivity contribution in [2.24, 2.45) is 5.92 Å². The van der Waals surface area contributed by atoms with Crippen LogP contribution in [0.5, 0.6) is 0 Å². The van der Waals surface area contributed by atoms with Crippen molar-refractivity contribution < 1.29 is 5.21 Å². The van der Waals surface area contributed by atoms with E-state index in [0.29, 0.717) is 0 Å². The Balaban J connectivity index is 1.80. The molecule has 7 heavy (non-hydrogen) atoms. The zero-order chi connectivity index (χ0) is 5.11. The standard InChI is InChI=1S/C5H11NO/c7-6-4-3-5-1-2-5/h5-7H,1-4H2. The smallest absolute Gasteiger partial charge is 0.0210 e. The monoisotopic (exact) mass is 101 g/mol. The van der Waals surface area contributed by atoms with Crippen molar-refractivity contribution >= 4 is 0 Å². The fourth-order valence-corrected chi connectivity index (χ4v) is 0.675. The molecule has 2 heteroatoms. The first-order valence-electron chi connectivity index (χ1n) is 2.80. The van der Waals surface area contributed by atoms with Gasteiger partial charge in [0.2, 0.25) is 0 Å². The summed E-state index contributed by atoms with van der Waals surface area (Å²) in [4.78, 5) is 0. The summed E-state index contributed by atoms with van der Waals surface area (Å²) in [6.07, 6.45) is 3.90. The van der Waals surface area contributed by atoms with Crippen LogP contribution in [-0.4, -0.2) is 11.8 Å². The van der Waals surface area contributed by atoms with Gasteiger partial charge in [-0.2, -0.15) is 0 Å². The van der Waals surface area contributed by atoms with Crippen molar-refractivity contribution in [2.75, 3.05) is 6.54 Å². The van der Waals surface area contributed by atoms with Crippen LogP contribution >= 0.6 is 0 Å². The van der Waals surface area contributed by atoms with Crippen molar-refractivity contribution in [1.29, 1.82) is 0 Å². The molecule has 1 fully saturated rings. The average Bonchev–Trinajstić information content (AvgIpc) is 2.42. The summed E-state index contributed by atoms with van der Waals surface area (Å²) in [7, 11) is 0. The fraction of sp³-hybridized carbons (Fsp3) is 1.00. The van der Waals surface area contributed by atoms with Gasteiger partial charge < -0.3 is 5.21 Å². The maximum absolute atomic E-state index is 8.09. The van der Waals surface area contributed by atoms with Crippen LogP contribution < -0.4 is 5.48 Å². The van der Waals surface area contributed by atoms with E-state index in [2.05, 4.69) is 5.48 Å². The van der Waals surface area contributed by atoms with E-state index in [1.165, 1.54) is 12.8 Å². The first-order valence-corrected chi connectivity index (χ1v) is 2.80. The Bertz CT molecular complexity index is 52.0. The van der Waals surface area contributed by atoms with Crippen LogP contribution in [0.2, 0.25) is 0 Å². The lowest BCUT2D eigenvalue weighted by molar-refractivity contribution is 0.164. The molecule has 0 atom stereocenters. The first-order chi connectivity index (χ1) is 3.43. The van der Waals surface area contributed by atoms with Crippen LogP contribution in [0, 0.1) is 5.92 Å². The SMILES string of the molecule is ONCCC1CC1. The maximum Gasteiger partial charge on any atom is 0.0210 e. The average molecular weight is 101 g/mol. The topological polar surface area (TPSA) is 32.3 Å². The van der Waals surface area contributed by atoms with E-state index >= 15 is 0 Å². The fourth-order valence-electron chi connectivity index (χ4n) is 0.675. The molecule has 0 spiro atoms. The van der Waals surface area contributed by atoms with Gasteiger partial charge >= 0.3 is 0 Å². The van der Waals surface area contributed by atoms with Gasteiger partial charge in [0.25, 0.3) is 0 Å². The molecule has 0 radical (unpaired) electrons. The Kier molecular flexibility index (Phi) is 1.65. The minimum absolute atomic E-state index is 0.769. The summed E-state index contributed by atoms with van der Waals surface area (Å²) in [6, 6.07) is 0. The Labute approximate surface area is 43.5 Å². The third-order valence-corrected chi connectivity index (χ3v) is 1.36. The molecule has 1 aliphatic carbocycles. The number of hydroxylamine groups is 1. The van der Waals surface area contributed by atoms with Gasteiger partial charge in [-0.1, -0.05) is 12.8 Å². The highest BCUT2D eigenvalue weighted by Crippen LogP contribution is 2.31. The van der Waals surface area contributed by atoms with Crippen LogP contribution in [0.4, 0.5) is 0 Å². The Hall–Kier alpha value is -0.0800. The molecule has 0 heterocycles. The molecule has 1 rings (SSSR count). The quantitative estimate of drug-likeness (QED) is 0.514. The number of hydrogen-bond donors (Lipinski definition) is 2. The Morgan fingerprint density at radius 1 is 1.57 bits per heavy atom. The Morgan fingerprint density at radius 3 is 2.71 bits per heavy atom. The molecule has 1 aliphatic rings. The summed E-state index contributed by atoms with van der Waals surface area (Å²) in [5, 5.41) is 8.09. The second kappa shape index (κ2) is 2.28. The van der Waals surface area contributed by atoms with Crippen LogP contribution in [0.15, 0.2) is 0 Å². The number of hydrogen-bond acceptors (Lipinski definition) is 2. The summed E-state index contributed by atoms with van der Waals surface area (Å²) >= 11 is 0. The molecule has 1 saturated carbocycles. The second-order valence-electron chi connectivity index (χ2n) is 2.14. The molecule has 0 aromatic heterocycles. The molecule has 0 aromatic carbocycles. The normalized spacial score (nSPS) is 20.1. The van der Waals surface area contributed by atoms with E-state index in [4.69, 9.17) is 5.21 Å². The van der Waals surface area contributed by atoms with Gasteiger partial charge in [-0.25, -0.2) is 5.48 Å². The minimum Gasteiger partial charge on any atom is -0.317 e. The van der Waals surface area contributed by atoms with E-state index in [1.807, 2.05) is 0 Å². The van der Waals surface area contributed by atoms with Crippen molar-refractivity contribution in [3.05, 3.63) is 0 Å². The van der Waals surface area contributed by atoms with Crippen LogP contribution in [0.25, 0.3) is 0 Å². The lowest BCUT2D eigenvalue weighted by Gasteiger charge is -1.90. The highest BCUT2D eigenvalue weighted by Gasteiger charge is 2.19. The molecule has 0 amide bonds. The van der Waals surface area contributed by atoms with Crippen molar-refractivity contribution in [3.63, 3.8) is 0 Å². The predicted molar refractivity (Wildman–Crippen MR) is 27.1 cm³/mol.